The van der Waals surface area contributed by atoms with Gasteiger partial charge < -0.3 is 4.42 Å². The molecule has 1 aromatic carbocycles. The lowest BCUT2D eigenvalue weighted by Crippen LogP contribution is -2.09. The van der Waals surface area contributed by atoms with Crippen LogP contribution in [0.1, 0.15) is 0 Å². The lowest BCUT2D eigenvalue weighted by Gasteiger charge is -2.12. The Kier molecular flexibility index (Phi) is 3.29. The molecule has 4 heteroatoms. The lowest BCUT2D eigenvalue weighted by atomic mass is 10.0. The van der Waals surface area contributed by atoms with Gasteiger partial charge in [0.15, 0.2) is 5.76 Å². The maximum atomic E-state index is 12.6. The molecule has 0 aromatic heterocycles. The summed E-state index contributed by atoms with van der Waals surface area (Å²) in [6.07, 6.45) is 5.64. The van der Waals surface area contributed by atoms with E-state index in [2.05, 4.69) is 0 Å². The van der Waals surface area contributed by atoms with Gasteiger partial charge in [0.1, 0.15) is 0 Å². The van der Waals surface area contributed by atoms with Crippen LogP contribution >= 0.6 is 23.5 Å². The second kappa shape index (κ2) is 4.94. The monoisotopic (exact) mass is 288 g/mol. The van der Waals surface area contributed by atoms with Crippen LogP contribution < -0.4 is 5.43 Å². The van der Waals surface area contributed by atoms with Crippen molar-refractivity contribution in [3.05, 3.63) is 46.8 Å². The molecule has 1 aliphatic heterocycles. The fraction of sp³-hybridized carbons (Fsp3) is 0.133. The average molecular weight is 288 g/mol. The van der Waals surface area contributed by atoms with Crippen LogP contribution in [0, 0.1) is 0 Å². The van der Waals surface area contributed by atoms with Gasteiger partial charge in [-0.1, -0.05) is 24.3 Å². The molecule has 2 aliphatic rings. The minimum Gasteiger partial charge on any atom is -0.462 e. The zero-order valence-corrected chi connectivity index (χ0v) is 12.2. The van der Waals surface area contributed by atoms with Crippen molar-refractivity contribution in [1.82, 2.24) is 0 Å². The quantitative estimate of drug-likeness (QED) is 0.518. The number of fused-ring (bicyclic) bond motifs is 3. The molecule has 0 saturated carbocycles. The standard InChI is InChI=1S/C15H12O2S2/c1-18-11-7-12(19-2)15-13(14(11)16)10-6-4-3-5-9(10)8-17-15/h3-8H,1-2H3. The summed E-state index contributed by atoms with van der Waals surface area (Å²) in [7, 11) is 0. The van der Waals surface area contributed by atoms with Crippen molar-refractivity contribution in [3.63, 3.8) is 0 Å². The van der Waals surface area contributed by atoms with Crippen LogP contribution in [0.5, 0.6) is 0 Å². The van der Waals surface area contributed by atoms with Crippen molar-refractivity contribution in [1.29, 1.82) is 0 Å². The predicted octanol–water partition coefficient (Wildman–Crippen LogP) is 4.34. The third-order valence-corrected chi connectivity index (χ3v) is 4.62. The van der Waals surface area contributed by atoms with Crippen LogP contribution in [0.2, 0.25) is 0 Å². The highest BCUT2D eigenvalue weighted by atomic mass is 32.2. The van der Waals surface area contributed by atoms with Crippen molar-refractivity contribution in [2.24, 2.45) is 0 Å². The van der Waals surface area contributed by atoms with E-state index in [9.17, 15) is 4.79 Å². The summed E-state index contributed by atoms with van der Waals surface area (Å²) in [4.78, 5) is 14.3. The van der Waals surface area contributed by atoms with Gasteiger partial charge >= 0.3 is 0 Å². The molecule has 0 saturated heterocycles. The van der Waals surface area contributed by atoms with Crippen molar-refractivity contribution in [3.8, 4) is 11.3 Å². The third kappa shape index (κ3) is 1.95. The molecule has 3 rings (SSSR count). The minimum atomic E-state index is 0.0563. The molecule has 0 fully saturated rings. The zero-order chi connectivity index (χ0) is 13.4. The van der Waals surface area contributed by atoms with Gasteiger partial charge in [-0.3, -0.25) is 4.79 Å². The largest absolute Gasteiger partial charge is 0.462 e. The minimum absolute atomic E-state index is 0.0563. The van der Waals surface area contributed by atoms with E-state index in [4.69, 9.17) is 4.42 Å². The second-order valence-corrected chi connectivity index (χ2v) is 5.83. The highest BCUT2D eigenvalue weighted by Crippen LogP contribution is 2.36. The van der Waals surface area contributed by atoms with Crippen LogP contribution in [0.3, 0.4) is 0 Å². The lowest BCUT2D eigenvalue weighted by molar-refractivity contribution is 0.561. The molecule has 96 valence electrons. The summed E-state index contributed by atoms with van der Waals surface area (Å²) in [6.45, 7) is 0. The molecular formula is C15H12O2S2. The van der Waals surface area contributed by atoms with E-state index in [1.165, 1.54) is 11.8 Å². The summed E-state index contributed by atoms with van der Waals surface area (Å²) in [5.74, 6) is 0.689. The van der Waals surface area contributed by atoms with Crippen LogP contribution in [0.4, 0.5) is 0 Å². The third-order valence-electron chi connectivity index (χ3n) is 3.14. The van der Waals surface area contributed by atoms with Crippen molar-refractivity contribution in [2.75, 3.05) is 12.5 Å². The summed E-state index contributed by atoms with van der Waals surface area (Å²) < 4.78 is 5.70. The highest BCUT2D eigenvalue weighted by Gasteiger charge is 2.20. The van der Waals surface area contributed by atoms with E-state index < -0.39 is 0 Å². The molecule has 0 N–H and O–H groups in total. The zero-order valence-electron chi connectivity index (χ0n) is 10.6. The van der Waals surface area contributed by atoms with E-state index in [1.54, 1.807) is 18.0 Å². The SMILES string of the molecule is CSc1cc(SC)c(=O)c2c3ccccc3coc1-2. The molecule has 0 amide bonds. The Bertz CT molecular complexity index is 777. The number of hydrogen-bond acceptors (Lipinski definition) is 4. The molecule has 0 bridgehead atoms. The molecule has 0 spiro atoms. The Labute approximate surface area is 119 Å². The smallest absolute Gasteiger partial charge is 0.203 e. The van der Waals surface area contributed by atoms with Crippen molar-refractivity contribution < 1.29 is 4.42 Å². The topological polar surface area (TPSA) is 30.2 Å². The van der Waals surface area contributed by atoms with Gasteiger partial charge in [0, 0.05) is 5.39 Å². The Morgan fingerprint density at radius 3 is 2.53 bits per heavy atom. The number of rotatable bonds is 2. The molecule has 19 heavy (non-hydrogen) atoms. The molecule has 0 atom stereocenters. The number of hydrogen-bond donors (Lipinski definition) is 0. The van der Waals surface area contributed by atoms with E-state index >= 15 is 0 Å². The summed E-state index contributed by atoms with van der Waals surface area (Å²) in [6, 6.07) is 9.75. The first-order valence-electron chi connectivity index (χ1n) is 5.81. The Hall–Kier alpha value is -1.39. The Morgan fingerprint density at radius 2 is 1.79 bits per heavy atom. The fourth-order valence-electron chi connectivity index (χ4n) is 2.21. The van der Waals surface area contributed by atoms with Gasteiger partial charge in [0.05, 0.1) is 21.6 Å². The van der Waals surface area contributed by atoms with Crippen molar-refractivity contribution >= 4 is 34.3 Å². The van der Waals surface area contributed by atoms with Crippen molar-refractivity contribution in [2.45, 2.75) is 9.79 Å². The second-order valence-electron chi connectivity index (χ2n) is 4.14. The van der Waals surface area contributed by atoms with Gasteiger partial charge in [-0.15, -0.1) is 23.5 Å². The molecule has 1 aromatic rings. The van der Waals surface area contributed by atoms with Gasteiger partial charge in [-0.2, -0.15) is 0 Å². The maximum Gasteiger partial charge on any atom is 0.203 e. The molecule has 1 aliphatic carbocycles. The van der Waals surface area contributed by atoms with Gasteiger partial charge in [-0.05, 0) is 24.0 Å². The van der Waals surface area contributed by atoms with E-state index in [1.807, 2.05) is 42.8 Å². The molecular weight excluding hydrogens is 276 g/mol. The average Bonchev–Trinajstić information content (AvgIpc) is 2.47. The van der Waals surface area contributed by atoms with Gasteiger partial charge in [0.25, 0.3) is 0 Å². The number of benzene rings is 2. The van der Waals surface area contributed by atoms with Gasteiger partial charge in [0.2, 0.25) is 5.43 Å². The first-order chi connectivity index (χ1) is 9.26. The molecule has 0 unspecified atom stereocenters. The predicted molar refractivity (Wildman–Crippen MR) is 82.7 cm³/mol. The molecule has 1 heterocycles. The van der Waals surface area contributed by atoms with E-state index in [0.717, 1.165) is 20.6 Å². The van der Waals surface area contributed by atoms with Crippen LogP contribution in [-0.2, 0) is 0 Å². The first kappa shape index (κ1) is 12.6. The van der Waals surface area contributed by atoms with Crippen LogP contribution in [-0.4, -0.2) is 12.5 Å². The van der Waals surface area contributed by atoms with Crippen LogP contribution in [0.15, 0.2) is 55.6 Å². The normalized spacial score (nSPS) is 11.3. The summed E-state index contributed by atoms with van der Waals surface area (Å²) >= 11 is 3.08. The fourth-order valence-corrected chi connectivity index (χ4v) is 3.38. The summed E-state index contributed by atoms with van der Waals surface area (Å²) in [5, 5.41) is 1.91. The summed E-state index contributed by atoms with van der Waals surface area (Å²) in [5.41, 5.74) is 0.746. The number of thioether (sulfide) groups is 2. The highest BCUT2D eigenvalue weighted by molar-refractivity contribution is 7.99. The molecule has 0 radical (unpaired) electrons. The Balaban J connectivity index is 2.55. The van der Waals surface area contributed by atoms with Crippen LogP contribution in [0.25, 0.3) is 22.1 Å². The van der Waals surface area contributed by atoms with Gasteiger partial charge in [-0.25, -0.2) is 0 Å². The first-order valence-corrected chi connectivity index (χ1v) is 8.26. The maximum absolute atomic E-state index is 12.6. The Morgan fingerprint density at radius 1 is 1.05 bits per heavy atom. The van der Waals surface area contributed by atoms with E-state index in [0.29, 0.717) is 11.3 Å². The molecule has 2 nitrogen and oxygen atoms in total. The van der Waals surface area contributed by atoms with E-state index in [-0.39, 0.29) is 5.43 Å².